The molecule has 7 rings (SSSR count). The fourth-order valence-electron chi connectivity index (χ4n) is 6.04. The van der Waals surface area contributed by atoms with Gasteiger partial charge in [0.05, 0.1) is 11.0 Å². The van der Waals surface area contributed by atoms with Crippen LogP contribution in [0.4, 0.5) is 0 Å². The Morgan fingerprint density at radius 3 is 2.00 bits per heavy atom. The molecule has 1 aliphatic rings. The van der Waals surface area contributed by atoms with Crippen molar-refractivity contribution in [3.63, 3.8) is 0 Å². The number of hydrogen-bond donors (Lipinski definition) is 0. The summed E-state index contributed by atoms with van der Waals surface area (Å²) in [6.45, 7) is 6.90. The number of nitrogens with zero attached hydrogens (tertiary/aromatic N) is 1. The lowest BCUT2D eigenvalue weighted by atomic mass is 9.81. The first-order chi connectivity index (χ1) is 17.0. The number of aryl methyl sites for hydroxylation is 1. The molecule has 1 aliphatic carbocycles. The molecule has 0 N–H and O–H groups in total. The summed E-state index contributed by atoms with van der Waals surface area (Å²) in [5.41, 5.74) is 13.1. The molecule has 168 valence electrons. The Morgan fingerprint density at radius 2 is 1.17 bits per heavy atom. The van der Waals surface area contributed by atoms with Crippen LogP contribution < -0.4 is 0 Å². The van der Waals surface area contributed by atoms with Crippen LogP contribution in [0.1, 0.15) is 30.5 Å². The van der Waals surface area contributed by atoms with Crippen molar-refractivity contribution in [1.29, 1.82) is 0 Å². The third-order valence-electron chi connectivity index (χ3n) is 7.85. The van der Waals surface area contributed by atoms with E-state index < -0.39 is 0 Å². The lowest BCUT2D eigenvalue weighted by molar-refractivity contribution is 0.660. The quantitative estimate of drug-likeness (QED) is 0.248. The largest absolute Gasteiger partial charge is 0.309 e. The highest BCUT2D eigenvalue weighted by Gasteiger charge is 2.35. The van der Waals surface area contributed by atoms with Crippen LogP contribution in [0.3, 0.4) is 0 Å². The second-order valence-corrected chi connectivity index (χ2v) is 10.4. The standard InChI is InChI=1S/C34H27N/c1-22-13-16-26-27-17-14-23(20-31(27)34(2,3)30(26)19-22)24-15-18-29-28-11-7-8-12-32(28)35(33(29)21-24)25-9-5-4-6-10-25/h4-21H,1-3H3. The monoisotopic (exact) mass is 449 g/mol. The first-order valence-corrected chi connectivity index (χ1v) is 12.4. The molecule has 0 spiro atoms. The molecule has 6 aromatic rings. The van der Waals surface area contributed by atoms with E-state index in [2.05, 4.69) is 135 Å². The number of fused-ring (bicyclic) bond motifs is 6. The molecule has 0 amide bonds. The average molecular weight is 450 g/mol. The Morgan fingerprint density at radius 1 is 0.543 bits per heavy atom. The molecule has 1 heteroatoms. The van der Waals surface area contributed by atoms with Gasteiger partial charge in [-0.3, -0.25) is 0 Å². The number of aromatic nitrogens is 1. The number of benzene rings is 5. The van der Waals surface area contributed by atoms with Crippen LogP contribution in [0.2, 0.25) is 0 Å². The second-order valence-electron chi connectivity index (χ2n) is 10.4. The smallest absolute Gasteiger partial charge is 0.0547 e. The zero-order valence-corrected chi connectivity index (χ0v) is 20.3. The van der Waals surface area contributed by atoms with Crippen molar-refractivity contribution in [3.05, 3.63) is 126 Å². The molecule has 0 saturated carbocycles. The van der Waals surface area contributed by atoms with Crippen LogP contribution in [0.25, 0.3) is 49.7 Å². The maximum atomic E-state index is 2.42. The third kappa shape index (κ3) is 2.88. The first-order valence-electron chi connectivity index (χ1n) is 12.4. The number of hydrogen-bond acceptors (Lipinski definition) is 0. The second kappa shape index (κ2) is 7.20. The average Bonchev–Trinajstić information content (AvgIpc) is 3.33. The summed E-state index contributed by atoms with van der Waals surface area (Å²) < 4.78 is 2.39. The number of para-hydroxylation sites is 2. The molecule has 0 unspecified atom stereocenters. The zero-order valence-electron chi connectivity index (χ0n) is 20.3. The molecule has 35 heavy (non-hydrogen) atoms. The van der Waals surface area contributed by atoms with Gasteiger partial charge < -0.3 is 4.57 Å². The van der Waals surface area contributed by atoms with Crippen molar-refractivity contribution in [2.45, 2.75) is 26.2 Å². The molecule has 0 atom stereocenters. The minimum absolute atomic E-state index is 0.00423. The van der Waals surface area contributed by atoms with Gasteiger partial charge in [-0.2, -0.15) is 0 Å². The molecule has 0 radical (unpaired) electrons. The van der Waals surface area contributed by atoms with Crippen LogP contribution >= 0.6 is 0 Å². The molecular weight excluding hydrogens is 422 g/mol. The lowest BCUT2D eigenvalue weighted by Crippen LogP contribution is -2.15. The number of rotatable bonds is 2. The van der Waals surface area contributed by atoms with Gasteiger partial charge in [-0.1, -0.05) is 98.3 Å². The van der Waals surface area contributed by atoms with Gasteiger partial charge in [0.2, 0.25) is 0 Å². The van der Waals surface area contributed by atoms with Crippen LogP contribution in [0, 0.1) is 6.92 Å². The molecule has 0 bridgehead atoms. The molecule has 1 heterocycles. The minimum Gasteiger partial charge on any atom is -0.309 e. The first kappa shape index (κ1) is 20.3. The summed E-state index contributed by atoms with van der Waals surface area (Å²) in [6, 6.07) is 40.3. The van der Waals surface area contributed by atoms with Crippen LogP contribution in [-0.2, 0) is 5.41 Å². The summed E-state index contributed by atoms with van der Waals surface area (Å²) >= 11 is 0. The summed E-state index contributed by atoms with van der Waals surface area (Å²) in [4.78, 5) is 0. The van der Waals surface area contributed by atoms with E-state index in [1.54, 1.807) is 0 Å². The van der Waals surface area contributed by atoms with Gasteiger partial charge in [0.15, 0.2) is 0 Å². The Kier molecular flexibility index (Phi) is 4.17. The van der Waals surface area contributed by atoms with Crippen LogP contribution in [-0.4, -0.2) is 4.57 Å². The van der Waals surface area contributed by atoms with E-state index >= 15 is 0 Å². The van der Waals surface area contributed by atoms with Gasteiger partial charge >= 0.3 is 0 Å². The Balaban J connectivity index is 1.45. The van der Waals surface area contributed by atoms with Gasteiger partial charge in [0.1, 0.15) is 0 Å². The van der Waals surface area contributed by atoms with E-state index in [-0.39, 0.29) is 5.41 Å². The van der Waals surface area contributed by atoms with E-state index in [0.29, 0.717) is 0 Å². The molecule has 0 aliphatic heterocycles. The van der Waals surface area contributed by atoms with Crippen molar-refractivity contribution in [2.75, 3.05) is 0 Å². The molecule has 5 aromatic carbocycles. The Hall–Kier alpha value is -4.10. The van der Waals surface area contributed by atoms with Crippen LogP contribution in [0.15, 0.2) is 109 Å². The highest BCUT2D eigenvalue weighted by Crippen LogP contribution is 2.50. The molecular formula is C34H27N. The van der Waals surface area contributed by atoms with Crippen molar-refractivity contribution < 1.29 is 0 Å². The molecule has 1 nitrogen and oxygen atoms in total. The predicted octanol–water partition coefficient (Wildman–Crippen LogP) is 9.07. The van der Waals surface area contributed by atoms with E-state index in [1.165, 1.54) is 66.4 Å². The van der Waals surface area contributed by atoms with E-state index in [1.807, 2.05) is 0 Å². The molecule has 1 aromatic heterocycles. The van der Waals surface area contributed by atoms with Gasteiger partial charge in [0, 0.05) is 21.9 Å². The van der Waals surface area contributed by atoms with Crippen molar-refractivity contribution >= 4 is 21.8 Å². The highest BCUT2D eigenvalue weighted by molar-refractivity contribution is 6.10. The SMILES string of the molecule is Cc1ccc2c(c1)C(C)(C)c1cc(-c3ccc4c5ccccc5n(-c5ccccc5)c4c3)ccc1-2. The fraction of sp³-hybridized carbons (Fsp3) is 0.118. The Bertz CT molecular complexity index is 1770. The normalized spacial score (nSPS) is 13.8. The Labute approximate surface area is 206 Å². The lowest BCUT2D eigenvalue weighted by Gasteiger charge is -2.22. The minimum atomic E-state index is -0.00423. The maximum Gasteiger partial charge on any atom is 0.0547 e. The highest BCUT2D eigenvalue weighted by atomic mass is 15.0. The predicted molar refractivity (Wildman–Crippen MR) is 149 cm³/mol. The third-order valence-corrected chi connectivity index (χ3v) is 7.85. The summed E-state index contributed by atoms with van der Waals surface area (Å²) in [7, 11) is 0. The molecule has 0 saturated heterocycles. The van der Waals surface area contributed by atoms with Crippen LogP contribution in [0.5, 0.6) is 0 Å². The summed E-state index contributed by atoms with van der Waals surface area (Å²) in [5, 5.41) is 2.58. The zero-order chi connectivity index (χ0) is 23.7. The topological polar surface area (TPSA) is 4.93 Å². The van der Waals surface area contributed by atoms with Crippen molar-refractivity contribution in [1.82, 2.24) is 4.57 Å². The van der Waals surface area contributed by atoms with E-state index in [4.69, 9.17) is 0 Å². The van der Waals surface area contributed by atoms with Gasteiger partial charge in [0.25, 0.3) is 0 Å². The van der Waals surface area contributed by atoms with Gasteiger partial charge in [-0.15, -0.1) is 0 Å². The van der Waals surface area contributed by atoms with E-state index in [0.717, 1.165) is 0 Å². The maximum absolute atomic E-state index is 2.42. The van der Waals surface area contributed by atoms with E-state index in [9.17, 15) is 0 Å². The molecule has 0 fully saturated rings. The summed E-state index contributed by atoms with van der Waals surface area (Å²) in [6.07, 6.45) is 0. The fourth-order valence-corrected chi connectivity index (χ4v) is 6.04. The van der Waals surface area contributed by atoms with Crippen molar-refractivity contribution in [3.8, 4) is 27.9 Å². The summed E-state index contributed by atoms with van der Waals surface area (Å²) in [5.74, 6) is 0. The van der Waals surface area contributed by atoms with Gasteiger partial charge in [-0.05, 0) is 70.6 Å². The van der Waals surface area contributed by atoms with Gasteiger partial charge in [-0.25, -0.2) is 0 Å². The van der Waals surface area contributed by atoms with Crippen molar-refractivity contribution in [2.24, 2.45) is 0 Å².